The van der Waals surface area contributed by atoms with E-state index in [1.54, 1.807) is 6.07 Å². The number of hydrogen-bond acceptors (Lipinski definition) is 3. The van der Waals surface area contributed by atoms with Gasteiger partial charge in [0.15, 0.2) is 0 Å². The van der Waals surface area contributed by atoms with Gasteiger partial charge in [0, 0.05) is 22.4 Å². The van der Waals surface area contributed by atoms with Crippen LogP contribution in [0, 0.1) is 6.92 Å². The molecule has 2 rings (SSSR count). The number of nitrogens with one attached hydrogen (secondary N) is 1. The second-order valence-electron chi connectivity index (χ2n) is 4.06. The van der Waals surface area contributed by atoms with Crippen molar-refractivity contribution < 1.29 is 4.79 Å². The van der Waals surface area contributed by atoms with Crippen LogP contribution in [0.3, 0.4) is 0 Å². The SMILES string of the molecule is Cc1cc(NC(=O)Cn2cnccc2=O)ccc1Br. The van der Waals surface area contributed by atoms with Gasteiger partial charge in [-0.1, -0.05) is 15.9 Å². The minimum Gasteiger partial charge on any atom is -0.325 e. The number of aryl methyl sites for hydroxylation is 1. The molecule has 0 atom stereocenters. The second-order valence-corrected chi connectivity index (χ2v) is 4.91. The zero-order chi connectivity index (χ0) is 13.8. The number of amides is 1. The van der Waals surface area contributed by atoms with Gasteiger partial charge in [-0.25, -0.2) is 4.98 Å². The number of carbonyl (C=O) groups is 1. The van der Waals surface area contributed by atoms with Gasteiger partial charge in [-0.2, -0.15) is 0 Å². The normalized spacial score (nSPS) is 10.2. The number of rotatable bonds is 3. The molecular formula is C13H12BrN3O2. The lowest BCUT2D eigenvalue weighted by molar-refractivity contribution is -0.116. The Kier molecular flexibility index (Phi) is 4.11. The molecule has 1 heterocycles. The lowest BCUT2D eigenvalue weighted by atomic mass is 10.2. The Balaban J connectivity index is 2.08. The van der Waals surface area contributed by atoms with Crippen LogP contribution < -0.4 is 10.9 Å². The van der Waals surface area contributed by atoms with Gasteiger partial charge < -0.3 is 5.32 Å². The van der Waals surface area contributed by atoms with Gasteiger partial charge in [-0.15, -0.1) is 0 Å². The Bertz CT molecular complexity index is 667. The van der Waals surface area contributed by atoms with Crippen LogP contribution in [-0.2, 0) is 11.3 Å². The lowest BCUT2D eigenvalue weighted by Gasteiger charge is -2.08. The van der Waals surface area contributed by atoms with E-state index in [1.165, 1.54) is 23.2 Å². The van der Waals surface area contributed by atoms with Crippen molar-refractivity contribution in [3.8, 4) is 0 Å². The minimum absolute atomic E-state index is 0.0538. The molecule has 1 amide bonds. The zero-order valence-electron chi connectivity index (χ0n) is 10.3. The maximum atomic E-state index is 11.8. The van der Waals surface area contributed by atoms with E-state index in [4.69, 9.17) is 0 Å². The summed E-state index contributed by atoms with van der Waals surface area (Å²) in [7, 11) is 0. The maximum absolute atomic E-state index is 11.8. The van der Waals surface area contributed by atoms with Crippen LogP contribution in [0.4, 0.5) is 5.69 Å². The van der Waals surface area contributed by atoms with Crippen LogP contribution in [0.15, 0.2) is 46.1 Å². The first-order valence-corrected chi connectivity index (χ1v) is 6.42. The van der Waals surface area contributed by atoms with Crippen molar-refractivity contribution in [1.82, 2.24) is 9.55 Å². The summed E-state index contributed by atoms with van der Waals surface area (Å²) in [6.45, 7) is 1.88. The van der Waals surface area contributed by atoms with Crippen LogP contribution >= 0.6 is 15.9 Å². The molecule has 19 heavy (non-hydrogen) atoms. The summed E-state index contributed by atoms with van der Waals surface area (Å²) in [4.78, 5) is 27.1. The average Bonchev–Trinajstić information content (AvgIpc) is 2.37. The summed E-state index contributed by atoms with van der Waals surface area (Å²) in [6, 6.07) is 6.83. The molecule has 0 aliphatic heterocycles. The van der Waals surface area contributed by atoms with Gasteiger partial charge in [-0.3, -0.25) is 14.2 Å². The molecule has 0 saturated carbocycles. The van der Waals surface area contributed by atoms with E-state index >= 15 is 0 Å². The fraction of sp³-hybridized carbons (Fsp3) is 0.154. The third-order valence-electron chi connectivity index (χ3n) is 2.55. The zero-order valence-corrected chi connectivity index (χ0v) is 11.8. The minimum atomic E-state index is -0.267. The average molecular weight is 322 g/mol. The van der Waals surface area contributed by atoms with Gasteiger partial charge >= 0.3 is 0 Å². The molecular weight excluding hydrogens is 310 g/mol. The molecule has 0 aliphatic carbocycles. The predicted octanol–water partition coefficient (Wildman–Crippen LogP) is 1.95. The van der Waals surface area contributed by atoms with Crippen molar-refractivity contribution in [1.29, 1.82) is 0 Å². The molecule has 5 nitrogen and oxygen atoms in total. The highest BCUT2D eigenvalue weighted by molar-refractivity contribution is 9.10. The van der Waals surface area contributed by atoms with E-state index in [1.807, 2.05) is 19.1 Å². The first-order chi connectivity index (χ1) is 9.06. The van der Waals surface area contributed by atoms with E-state index in [-0.39, 0.29) is 18.0 Å². The molecule has 0 unspecified atom stereocenters. The van der Waals surface area contributed by atoms with Crippen LogP contribution in [0.2, 0.25) is 0 Å². The third-order valence-corrected chi connectivity index (χ3v) is 3.44. The van der Waals surface area contributed by atoms with E-state index in [2.05, 4.69) is 26.2 Å². The predicted molar refractivity (Wildman–Crippen MR) is 76.0 cm³/mol. The van der Waals surface area contributed by atoms with Gasteiger partial charge in [0.05, 0.1) is 6.33 Å². The Morgan fingerprint density at radius 1 is 1.42 bits per heavy atom. The molecule has 6 heteroatoms. The number of aromatic nitrogens is 2. The topological polar surface area (TPSA) is 64.0 Å². The van der Waals surface area contributed by atoms with Crippen molar-refractivity contribution in [2.75, 3.05) is 5.32 Å². The summed E-state index contributed by atoms with van der Waals surface area (Å²) in [5.41, 5.74) is 1.47. The molecule has 2 aromatic rings. The van der Waals surface area contributed by atoms with E-state index in [9.17, 15) is 9.59 Å². The Labute approximate surface area is 118 Å². The van der Waals surface area contributed by atoms with E-state index in [0.29, 0.717) is 5.69 Å². The fourth-order valence-electron chi connectivity index (χ4n) is 1.57. The van der Waals surface area contributed by atoms with E-state index in [0.717, 1.165) is 10.0 Å². The summed E-state index contributed by atoms with van der Waals surface area (Å²) in [5, 5.41) is 2.74. The smallest absolute Gasteiger partial charge is 0.253 e. The number of hydrogen-bond donors (Lipinski definition) is 1. The standard InChI is InChI=1S/C13H12BrN3O2/c1-9-6-10(2-3-11(9)14)16-12(18)7-17-8-15-5-4-13(17)19/h2-6,8H,7H2,1H3,(H,16,18). The molecule has 0 saturated heterocycles. The van der Waals surface area contributed by atoms with E-state index < -0.39 is 0 Å². The van der Waals surface area contributed by atoms with Crippen molar-refractivity contribution in [2.24, 2.45) is 0 Å². The van der Waals surface area contributed by atoms with Crippen molar-refractivity contribution >= 4 is 27.5 Å². The van der Waals surface area contributed by atoms with Crippen LogP contribution in [0.25, 0.3) is 0 Å². The summed E-state index contributed by atoms with van der Waals surface area (Å²) < 4.78 is 2.23. The molecule has 0 fully saturated rings. The Morgan fingerprint density at radius 3 is 2.89 bits per heavy atom. The fourth-order valence-corrected chi connectivity index (χ4v) is 1.82. The van der Waals surface area contributed by atoms with Gasteiger partial charge in [0.1, 0.15) is 6.54 Å². The molecule has 0 radical (unpaired) electrons. The molecule has 0 spiro atoms. The number of halogens is 1. The maximum Gasteiger partial charge on any atom is 0.253 e. The molecule has 0 aliphatic rings. The molecule has 1 aromatic carbocycles. The monoisotopic (exact) mass is 321 g/mol. The van der Waals surface area contributed by atoms with Crippen molar-refractivity contribution in [3.05, 3.63) is 57.2 Å². The number of anilines is 1. The van der Waals surface area contributed by atoms with Crippen molar-refractivity contribution in [3.63, 3.8) is 0 Å². The van der Waals surface area contributed by atoms with Gasteiger partial charge in [0.25, 0.3) is 5.56 Å². The molecule has 1 N–H and O–H groups in total. The first-order valence-electron chi connectivity index (χ1n) is 5.63. The first kappa shape index (κ1) is 13.5. The van der Waals surface area contributed by atoms with Crippen molar-refractivity contribution in [2.45, 2.75) is 13.5 Å². The largest absolute Gasteiger partial charge is 0.325 e. The van der Waals surface area contributed by atoms with Crippen LogP contribution in [0.1, 0.15) is 5.56 Å². The molecule has 0 bridgehead atoms. The highest BCUT2D eigenvalue weighted by atomic mass is 79.9. The quantitative estimate of drug-likeness (QED) is 0.939. The number of benzene rings is 1. The summed E-state index contributed by atoms with van der Waals surface area (Å²) >= 11 is 3.39. The Morgan fingerprint density at radius 2 is 2.21 bits per heavy atom. The Hall–Kier alpha value is -1.95. The highest BCUT2D eigenvalue weighted by Gasteiger charge is 2.05. The summed E-state index contributed by atoms with van der Waals surface area (Å²) in [5.74, 6) is -0.267. The van der Waals surface area contributed by atoms with Crippen LogP contribution in [0.5, 0.6) is 0 Å². The van der Waals surface area contributed by atoms with Gasteiger partial charge in [-0.05, 0) is 30.7 Å². The molecule has 1 aromatic heterocycles. The highest BCUT2D eigenvalue weighted by Crippen LogP contribution is 2.19. The van der Waals surface area contributed by atoms with Gasteiger partial charge in [0.2, 0.25) is 5.91 Å². The van der Waals surface area contributed by atoms with Crippen LogP contribution in [-0.4, -0.2) is 15.5 Å². The third kappa shape index (κ3) is 3.51. The second kappa shape index (κ2) is 5.79. The number of nitrogens with zero attached hydrogens (tertiary/aromatic N) is 2. The summed E-state index contributed by atoms with van der Waals surface area (Å²) in [6.07, 6.45) is 2.74. The lowest BCUT2D eigenvalue weighted by Crippen LogP contribution is -2.27. The molecule has 98 valence electrons. The number of carbonyl (C=O) groups excluding carboxylic acids is 1.